The van der Waals surface area contributed by atoms with Crippen LogP contribution < -0.4 is 0 Å². The minimum Gasteiger partial charge on any atom is -0.481 e. The third-order valence-corrected chi connectivity index (χ3v) is 3.93. The lowest BCUT2D eigenvalue weighted by Crippen LogP contribution is -2.42. The number of aliphatic carboxylic acids is 1. The van der Waals surface area contributed by atoms with E-state index in [9.17, 15) is 9.59 Å². The van der Waals surface area contributed by atoms with Gasteiger partial charge in [-0.2, -0.15) is 0 Å². The number of carbonyl (C=O) groups excluding carboxylic acids is 1. The second-order valence-corrected chi connectivity index (χ2v) is 5.93. The normalized spacial score (nSPS) is 14.4. The number of hydrogen-bond acceptors (Lipinski definition) is 3. The van der Waals surface area contributed by atoms with Crippen molar-refractivity contribution in [1.82, 2.24) is 9.80 Å². The Hall–Kier alpha value is -1.10. The Bertz CT molecular complexity index is 321. The first-order valence-corrected chi connectivity index (χ1v) is 8.32. The first-order valence-electron chi connectivity index (χ1n) is 8.32. The van der Waals surface area contributed by atoms with Gasteiger partial charge in [-0.15, -0.1) is 0 Å². The molecule has 0 aliphatic heterocycles. The van der Waals surface area contributed by atoms with Gasteiger partial charge in [-0.05, 0) is 25.7 Å². The number of carboxylic acids is 1. The van der Waals surface area contributed by atoms with Crippen LogP contribution in [0.3, 0.4) is 0 Å². The minimum atomic E-state index is -0.790. The van der Waals surface area contributed by atoms with Crippen LogP contribution in [-0.2, 0) is 9.59 Å². The Morgan fingerprint density at radius 3 is 2.05 bits per heavy atom. The molecule has 122 valence electrons. The van der Waals surface area contributed by atoms with Crippen molar-refractivity contribution in [3.8, 4) is 0 Å². The van der Waals surface area contributed by atoms with Crippen LogP contribution in [-0.4, -0.2) is 59.0 Å². The molecule has 5 heteroatoms. The van der Waals surface area contributed by atoms with Gasteiger partial charge in [-0.3, -0.25) is 14.5 Å². The molecule has 1 aliphatic carbocycles. The van der Waals surface area contributed by atoms with Gasteiger partial charge in [0.05, 0.1) is 13.0 Å². The second-order valence-electron chi connectivity index (χ2n) is 5.93. The summed E-state index contributed by atoms with van der Waals surface area (Å²) in [6, 6.07) is 0.424. The van der Waals surface area contributed by atoms with Crippen LogP contribution in [0, 0.1) is 0 Å². The quantitative estimate of drug-likeness (QED) is 0.601. The number of carboxylic acid groups (broad SMARTS) is 1. The monoisotopic (exact) mass is 298 g/mol. The van der Waals surface area contributed by atoms with Crippen molar-refractivity contribution in [2.45, 2.75) is 64.8 Å². The van der Waals surface area contributed by atoms with Crippen molar-refractivity contribution in [2.24, 2.45) is 0 Å². The molecule has 0 heterocycles. The van der Waals surface area contributed by atoms with E-state index in [-0.39, 0.29) is 12.3 Å². The highest BCUT2D eigenvalue weighted by molar-refractivity contribution is 5.78. The fraction of sp³-hybridized carbons (Fsp3) is 0.875. The van der Waals surface area contributed by atoms with Crippen LogP contribution in [0.2, 0.25) is 0 Å². The Morgan fingerprint density at radius 2 is 1.62 bits per heavy atom. The van der Waals surface area contributed by atoms with Gasteiger partial charge in [0.1, 0.15) is 0 Å². The van der Waals surface area contributed by atoms with Crippen molar-refractivity contribution in [2.75, 3.05) is 26.2 Å². The lowest BCUT2D eigenvalue weighted by Gasteiger charge is -2.27. The van der Waals surface area contributed by atoms with Gasteiger partial charge in [-0.1, -0.05) is 26.7 Å². The van der Waals surface area contributed by atoms with Gasteiger partial charge >= 0.3 is 5.97 Å². The number of nitrogens with zero attached hydrogens (tertiary/aromatic N) is 2. The van der Waals surface area contributed by atoms with E-state index in [1.165, 1.54) is 0 Å². The summed E-state index contributed by atoms with van der Waals surface area (Å²) in [5.74, 6) is -0.629. The highest BCUT2D eigenvalue weighted by Crippen LogP contribution is 2.26. The Balaban J connectivity index is 2.48. The molecule has 0 aromatic carbocycles. The van der Waals surface area contributed by atoms with Crippen molar-refractivity contribution < 1.29 is 14.7 Å². The topological polar surface area (TPSA) is 60.9 Å². The summed E-state index contributed by atoms with van der Waals surface area (Å²) in [7, 11) is 0. The maximum atomic E-state index is 12.5. The van der Waals surface area contributed by atoms with E-state index >= 15 is 0 Å². The van der Waals surface area contributed by atoms with E-state index in [4.69, 9.17) is 5.11 Å². The second kappa shape index (κ2) is 9.77. The predicted octanol–water partition coefficient (Wildman–Crippen LogP) is 2.35. The number of unbranched alkanes of at least 4 members (excludes halogenated alkanes) is 2. The van der Waals surface area contributed by atoms with E-state index in [2.05, 4.69) is 18.7 Å². The van der Waals surface area contributed by atoms with Crippen LogP contribution >= 0.6 is 0 Å². The molecule has 0 spiro atoms. The molecule has 1 rings (SSSR count). The van der Waals surface area contributed by atoms with Crippen molar-refractivity contribution in [3.05, 3.63) is 0 Å². The van der Waals surface area contributed by atoms with Gasteiger partial charge in [0, 0.05) is 25.7 Å². The van der Waals surface area contributed by atoms with Crippen molar-refractivity contribution in [3.63, 3.8) is 0 Å². The van der Waals surface area contributed by atoms with Gasteiger partial charge < -0.3 is 10.0 Å². The molecule has 0 atom stereocenters. The molecular formula is C16H30N2O3. The lowest BCUT2D eigenvalue weighted by molar-refractivity contribution is -0.138. The van der Waals surface area contributed by atoms with E-state index in [1.54, 1.807) is 0 Å². The molecule has 1 amide bonds. The standard InChI is InChI=1S/C16H30N2O3/c1-3-5-10-17(11-6-4-2)15(19)13-18(14-7-8-14)12-9-16(20)21/h14H,3-13H2,1-2H3,(H,20,21). The van der Waals surface area contributed by atoms with Gasteiger partial charge in [0.2, 0.25) is 5.91 Å². The third kappa shape index (κ3) is 7.46. The molecule has 5 nitrogen and oxygen atoms in total. The largest absolute Gasteiger partial charge is 0.481 e. The molecule has 0 unspecified atom stereocenters. The zero-order chi connectivity index (χ0) is 15.7. The SMILES string of the molecule is CCCCN(CCCC)C(=O)CN(CCC(=O)O)C1CC1. The number of carbonyl (C=O) groups is 2. The Morgan fingerprint density at radius 1 is 1.05 bits per heavy atom. The molecule has 0 bridgehead atoms. The van der Waals surface area contributed by atoms with E-state index in [0.717, 1.165) is 51.6 Å². The molecule has 0 aromatic rings. The smallest absolute Gasteiger partial charge is 0.304 e. The summed E-state index contributed by atoms with van der Waals surface area (Å²) < 4.78 is 0. The summed E-state index contributed by atoms with van der Waals surface area (Å²) in [4.78, 5) is 27.2. The third-order valence-electron chi connectivity index (χ3n) is 3.93. The minimum absolute atomic E-state index is 0.119. The zero-order valence-electron chi connectivity index (χ0n) is 13.5. The molecule has 1 saturated carbocycles. The number of hydrogen-bond donors (Lipinski definition) is 1. The number of amides is 1. The van der Waals surface area contributed by atoms with Crippen LogP contribution in [0.15, 0.2) is 0 Å². The first-order chi connectivity index (χ1) is 10.1. The molecule has 1 N–H and O–H groups in total. The molecule has 0 aromatic heterocycles. The predicted molar refractivity (Wildman–Crippen MR) is 83.2 cm³/mol. The van der Waals surface area contributed by atoms with E-state index in [0.29, 0.717) is 19.1 Å². The molecule has 21 heavy (non-hydrogen) atoms. The lowest BCUT2D eigenvalue weighted by atomic mass is 10.2. The Labute approximate surface area is 128 Å². The number of rotatable bonds is 12. The van der Waals surface area contributed by atoms with Crippen molar-refractivity contribution in [1.29, 1.82) is 0 Å². The molecular weight excluding hydrogens is 268 g/mol. The Kier molecular flexibility index (Phi) is 8.35. The first kappa shape index (κ1) is 18.0. The average Bonchev–Trinajstić information content (AvgIpc) is 3.27. The summed E-state index contributed by atoms with van der Waals surface area (Å²) in [6.07, 6.45) is 6.55. The fourth-order valence-corrected chi connectivity index (χ4v) is 2.40. The maximum absolute atomic E-state index is 12.5. The summed E-state index contributed by atoms with van der Waals surface area (Å²) in [5, 5.41) is 8.82. The van der Waals surface area contributed by atoms with Gasteiger partial charge in [0.25, 0.3) is 0 Å². The highest BCUT2D eigenvalue weighted by Gasteiger charge is 2.31. The molecule has 1 aliphatic rings. The highest BCUT2D eigenvalue weighted by atomic mass is 16.4. The zero-order valence-corrected chi connectivity index (χ0v) is 13.5. The van der Waals surface area contributed by atoms with E-state index < -0.39 is 5.97 Å². The summed E-state index contributed by atoms with van der Waals surface area (Å²) in [5.41, 5.74) is 0. The van der Waals surface area contributed by atoms with Crippen LogP contribution in [0.5, 0.6) is 0 Å². The summed E-state index contributed by atoms with van der Waals surface area (Å²) in [6.45, 7) is 6.78. The van der Waals surface area contributed by atoms with Gasteiger partial charge in [-0.25, -0.2) is 0 Å². The van der Waals surface area contributed by atoms with Crippen LogP contribution in [0.1, 0.15) is 58.8 Å². The molecule has 0 radical (unpaired) electrons. The molecule has 0 saturated heterocycles. The summed E-state index contributed by atoms with van der Waals surface area (Å²) >= 11 is 0. The average molecular weight is 298 g/mol. The van der Waals surface area contributed by atoms with Crippen molar-refractivity contribution >= 4 is 11.9 Å². The molecule has 1 fully saturated rings. The fourth-order valence-electron chi connectivity index (χ4n) is 2.40. The van der Waals surface area contributed by atoms with Gasteiger partial charge in [0.15, 0.2) is 0 Å². The van der Waals surface area contributed by atoms with E-state index in [1.807, 2.05) is 4.90 Å². The maximum Gasteiger partial charge on any atom is 0.304 e. The van der Waals surface area contributed by atoms with Crippen LogP contribution in [0.25, 0.3) is 0 Å². The van der Waals surface area contributed by atoms with Crippen LogP contribution in [0.4, 0.5) is 0 Å².